The molecule has 1 aromatic rings. The van der Waals surface area contributed by atoms with Gasteiger partial charge in [0.2, 0.25) is 0 Å². The molecular formula is C13H10BrN3S. The van der Waals surface area contributed by atoms with Gasteiger partial charge in [-0.15, -0.1) is 11.3 Å². The summed E-state index contributed by atoms with van der Waals surface area (Å²) in [6, 6.07) is 6.41. The second-order valence-corrected chi connectivity index (χ2v) is 5.88. The number of nitrogens with one attached hydrogen (secondary N) is 1. The van der Waals surface area contributed by atoms with Gasteiger partial charge in [0.05, 0.1) is 29.2 Å². The molecule has 1 aliphatic rings. The molecule has 2 heterocycles. The second kappa shape index (κ2) is 4.97. The van der Waals surface area contributed by atoms with Gasteiger partial charge in [0.15, 0.2) is 0 Å². The van der Waals surface area contributed by atoms with Crippen LogP contribution in [0.5, 0.6) is 0 Å². The van der Waals surface area contributed by atoms with Crippen LogP contribution < -0.4 is 5.32 Å². The Kier molecular flexibility index (Phi) is 3.56. The van der Waals surface area contributed by atoms with Crippen LogP contribution in [0.15, 0.2) is 38.5 Å². The molecule has 0 aromatic carbocycles. The molecule has 0 fully saturated rings. The molecule has 0 atom stereocenters. The molecule has 1 N–H and O–H groups in total. The Morgan fingerprint density at radius 1 is 1.22 bits per heavy atom. The molecular weight excluding hydrogens is 310 g/mol. The Labute approximate surface area is 118 Å². The lowest BCUT2D eigenvalue weighted by atomic mass is 9.86. The Bertz CT molecular complexity index is 604. The van der Waals surface area contributed by atoms with E-state index in [0.717, 1.165) is 20.7 Å². The van der Waals surface area contributed by atoms with Crippen molar-refractivity contribution in [2.75, 3.05) is 0 Å². The van der Waals surface area contributed by atoms with Crippen LogP contribution in [0.3, 0.4) is 0 Å². The van der Waals surface area contributed by atoms with E-state index in [1.54, 1.807) is 11.3 Å². The average Bonchev–Trinajstić information content (AvgIpc) is 2.74. The van der Waals surface area contributed by atoms with E-state index in [1.807, 2.05) is 25.3 Å². The van der Waals surface area contributed by atoms with Crippen molar-refractivity contribution in [1.29, 1.82) is 10.5 Å². The van der Waals surface area contributed by atoms with Crippen molar-refractivity contribution in [3.05, 3.63) is 43.3 Å². The van der Waals surface area contributed by atoms with E-state index in [2.05, 4.69) is 33.4 Å². The lowest BCUT2D eigenvalue weighted by molar-refractivity contribution is 0.822. The number of dihydropyridines is 1. The summed E-state index contributed by atoms with van der Waals surface area (Å²) in [5.41, 5.74) is 2.88. The van der Waals surface area contributed by atoms with E-state index in [1.165, 1.54) is 0 Å². The number of hydrogen-bond acceptors (Lipinski definition) is 4. The van der Waals surface area contributed by atoms with E-state index >= 15 is 0 Å². The first-order valence-electron chi connectivity index (χ1n) is 5.31. The van der Waals surface area contributed by atoms with Gasteiger partial charge in [-0.25, -0.2) is 0 Å². The zero-order valence-corrected chi connectivity index (χ0v) is 12.3. The minimum Gasteiger partial charge on any atom is -0.361 e. The summed E-state index contributed by atoms with van der Waals surface area (Å²) in [6.07, 6.45) is 0. The third-order valence-corrected chi connectivity index (χ3v) is 4.63. The van der Waals surface area contributed by atoms with Gasteiger partial charge in [0.1, 0.15) is 0 Å². The van der Waals surface area contributed by atoms with E-state index in [9.17, 15) is 10.5 Å². The summed E-state index contributed by atoms with van der Waals surface area (Å²) < 4.78 is 0.978. The molecule has 0 saturated heterocycles. The summed E-state index contributed by atoms with van der Waals surface area (Å²) in [7, 11) is 0. The Balaban J connectivity index is 2.61. The number of nitriles is 2. The Morgan fingerprint density at radius 2 is 1.78 bits per heavy atom. The van der Waals surface area contributed by atoms with Gasteiger partial charge in [-0.1, -0.05) is 0 Å². The second-order valence-electron chi connectivity index (χ2n) is 4.03. The molecule has 0 radical (unpaired) electrons. The maximum Gasteiger partial charge on any atom is 0.0976 e. The quantitative estimate of drug-likeness (QED) is 0.856. The maximum absolute atomic E-state index is 9.31. The van der Waals surface area contributed by atoms with Gasteiger partial charge in [0.25, 0.3) is 0 Å². The molecule has 0 aliphatic carbocycles. The highest BCUT2D eigenvalue weighted by atomic mass is 79.9. The molecule has 2 rings (SSSR count). The topological polar surface area (TPSA) is 59.6 Å². The van der Waals surface area contributed by atoms with Crippen LogP contribution in [0.4, 0.5) is 0 Å². The minimum absolute atomic E-state index is 0.238. The maximum atomic E-state index is 9.31. The predicted molar refractivity (Wildman–Crippen MR) is 74.5 cm³/mol. The summed E-state index contributed by atoms with van der Waals surface area (Å²) in [5, 5.41) is 23.7. The summed E-state index contributed by atoms with van der Waals surface area (Å²) >= 11 is 4.96. The molecule has 0 spiro atoms. The van der Waals surface area contributed by atoms with Crippen LogP contribution >= 0.6 is 27.3 Å². The fourth-order valence-electron chi connectivity index (χ4n) is 2.05. The van der Waals surface area contributed by atoms with E-state index in [-0.39, 0.29) is 5.92 Å². The standard InChI is InChI=1S/C13H10BrN3S/c1-7-10(4-15)13(11(5-16)8(2)17-7)12-3-9(14)6-18-12/h3,6,13,17H,1-2H3. The lowest BCUT2D eigenvalue weighted by Crippen LogP contribution is -2.22. The van der Waals surface area contributed by atoms with Crippen molar-refractivity contribution in [3.8, 4) is 12.1 Å². The smallest absolute Gasteiger partial charge is 0.0976 e. The van der Waals surface area contributed by atoms with E-state index in [0.29, 0.717) is 11.1 Å². The van der Waals surface area contributed by atoms with Crippen LogP contribution in [-0.4, -0.2) is 0 Å². The molecule has 3 nitrogen and oxygen atoms in total. The van der Waals surface area contributed by atoms with Gasteiger partial charge >= 0.3 is 0 Å². The summed E-state index contributed by atoms with van der Waals surface area (Å²) in [4.78, 5) is 1.01. The van der Waals surface area contributed by atoms with Crippen LogP contribution in [-0.2, 0) is 0 Å². The Hall–Kier alpha value is -1.56. The van der Waals surface area contributed by atoms with Gasteiger partial charge in [-0.2, -0.15) is 10.5 Å². The molecule has 18 heavy (non-hydrogen) atoms. The molecule has 90 valence electrons. The first kappa shape index (κ1) is 12.9. The highest BCUT2D eigenvalue weighted by Gasteiger charge is 2.30. The highest BCUT2D eigenvalue weighted by molar-refractivity contribution is 9.10. The fraction of sp³-hybridized carbons (Fsp3) is 0.231. The number of nitrogens with zero attached hydrogens (tertiary/aromatic N) is 2. The zero-order chi connectivity index (χ0) is 13.3. The van der Waals surface area contributed by atoms with Crippen molar-refractivity contribution < 1.29 is 0 Å². The normalized spacial score (nSPS) is 16.3. The summed E-state index contributed by atoms with van der Waals surface area (Å²) in [5.74, 6) is -0.238. The molecule has 1 aliphatic heterocycles. The first-order valence-corrected chi connectivity index (χ1v) is 6.98. The fourth-order valence-corrected chi connectivity index (χ4v) is 3.62. The van der Waals surface area contributed by atoms with Crippen LogP contribution in [0, 0.1) is 22.7 Å². The van der Waals surface area contributed by atoms with Crippen molar-refractivity contribution >= 4 is 27.3 Å². The van der Waals surface area contributed by atoms with E-state index < -0.39 is 0 Å². The third-order valence-electron chi connectivity index (χ3n) is 2.87. The van der Waals surface area contributed by atoms with Gasteiger partial charge in [0, 0.05) is 26.1 Å². The van der Waals surface area contributed by atoms with Crippen molar-refractivity contribution in [2.45, 2.75) is 19.8 Å². The molecule has 5 heteroatoms. The Morgan fingerprint density at radius 3 is 2.17 bits per heavy atom. The predicted octanol–water partition coefficient (Wildman–Crippen LogP) is 3.79. The number of rotatable bonds is 1. The average molecular weight is 320 g/mol. The van der Waals surface area contributed by atoms with Crippen molar-refractivity contribution in [3.63, 3.8) is 0 Å². The molecule has 0 saturated carbocycles. The number of halogens is 1. The van der Waals surface area contributed by atoms with Gasteiger partial charge in [-0.3, -0.25) is 0 Å². The largest absolute Gasteiger partial charge is 0.361 e. The lowest BCUT2D eigenvalue weighted by Gasteiger charge is -2.24. The number of thiophene rings is 1. The number of allylic oxidation sites excluding steroid dienone is 4. The van der Waals surface area contributed by atoms with E-state index in [4.69, 9.17) is 0 Å². The first-order chi connectivity index (χ1) is 8.58. The third kappa shape index (κ3) is 2.08. The molecule has 0 bridgehead atoms. The highest BCUT2D eigenvalue weighted by Crippen LogP contribution is 2.40. The van der Waals surface area contributed by atoms with Gasteiger partial charge < -0.3 is 5.32 Å². The minimum atomic E-state index is -0.238. The molecule has 0 amide bonds. The monoisotopic (exact) mass is 319 g/mol. The summed E-state index contributed by atoms with van der Waals surface area (Å²) in [6.45, 7) is 3.73. The van der Waals surface area contributed by atoms with Gasteiger partial charge in [-0.05, 0) is 35.8 Å². The molecule has 0 unspecified atom stereocenters. The zero-order valence-electron chi connectivity index (χ0n) is 9.91. The van der Waals surface area contributed by atoms with Crippen LogP contribution in [0.2, 0.25) is 0 Å². The number of hydrogen-bond donors (Lipinski definition) is 1. The molecule has 1 aromatic heterocycles. The van der Waals surface area contributed by atoms with Crippen molar-refractivity contribution in [1.82, 2.24) is 5.32 Å². The SMILES string of the molecule is CC1=C(C#N)C(c2cc(Br)cs2)C(C#N)=C(C)N1. The van der Waals surface area contributed by atoms with Crippen LogP contribution in [0.25, 0.3) is 0 Å². The van der Waals surface area contributed by atoms with Crippen molar-refractivity contribution in [2.24, 2.45) is 0 Å². The van der Waals surface area contributed by atoms with Crippen LogP contribution in [0.1, 0.15) is 24.6 Å².